The van der Waals surface area contributed by atoms with Crippen molar-refractivity contribution in [2.75, 3.05) is 0 Å². The fourth-order valence-electron chi connectivity index (χ4n) is 4.62. The zero-order chi connectivity index (χ0) is 29.8. The van der Waals surface area contributed by atoms with E-state index >= 15 is 0 Å². The predicted octanol–water partition coefficient (Wildman–Crippen LogP) is 5.61. The molecule has 0 radical (unpaired) electrons. The van der Waals surface area contributed by atoms with Crippen LogP contribution in [0.25, 0.3) is 0 Å². The summed E-state index contributed by atoms with van der Waals surface area (Å²) in [4.78, 5) is 0. The van der Waals surface area contributed by atoms with Crippen molar-refractivity contribution >= 4 is 105 Å². The van der Waals surface area contributed by atoms with E-state index in [1.807, 2.05) is 0 Å². The maximum absolute atomic E-state index is 2.45. The fraction of sp³-hybridized carbons (Fsp3) is 0.0270. The molecular weight excluding hydrogens is 853 g/mol. The Hall–Kier alpha value is -1.31. The van der Waals surface area contributed by atoms with Crippen LogP contribution in [0.4, 0.5) is 0 Å². The summed E-state index contributed by atoms with van der Waals surface area (Å²) in [6, 6.07) is 69.3. The van der Waals surface area contributed by atoms with Crippen molar-refractivity contribution in [3.05, 3.63) is 182 Å². The number of benzene rings is 6. The van der Waals surface area contributed by atoms with Crippen molar-refractivity contribution in [2.45, 2.75) is 5.14 Å². The summed E-state index contributed by atoms with van der Waals surface area (Å²) in [5, 5.41) is 2.30. The Labute approximate surface area is 289 Å². The van der Waals surface area contributed by atoms with E-state index in [0.29, 0.717) is 58.1 Å². The van der Waals surface area contributed by atoms with Gasteiger partial charge in [0.1, 0.15) is 0 Å². The fourth-order valence-corrected chi connectivity index (χ4v) is 79.4. The molecule has 0 unspecified atom stereocenters. The van der Waals surface area contributed by atoms with Gasteiger partial charge in [-0.1, -0.05) is 0 Å². The van der Waals surface area contributed by atoms with E-state index in [0.717, 1.165) is 5.14 Å². The van der Waals surface area contributed by atoms with Gasteiger partial charge in [-0.05, 0) is 0 Å². The van der Waals surface area contributed by atoms with Gasteiger partial charge in [-0.2, -0.15) is 0 Å². The topological polar surface area (TPSA) is 0 Å². The molecule has 0 nitrogen and oxygen atoms in total. The molecule has 6 aromatic carbocycles. The summed E-state index contributed by atoms with van der Waals surface area (Å²) in [6.45, 7) is 0. The molecule has 0 bridgehead atoms. The van der Waals surface area contributed by atoms with Gasteiger partial charge < -0.3 is 0 Å². The van der Waals surface area contributed by atoms with Crippen molar-refractivity contribution < 1.29 is 0 Å². The number of hydrogen-bond donors (Lipinski definition) is 0. The molecule has 0 aliphatic heterocycles. The van der Waals surface area contributed by atoms with E-state index in [1.165, 1.54) is 0 Å². The molecule has 0 amide bonds. The van der Waals surface area contributed by atoms with Crippen LogP contribution in [0.15, 0.2) is 182 Å². The second-order valence-electron chi connectivity index (χ2n) is 9.74. The minimum absolute atomic E-state index is 0.464. The molecule has 0 N–H and O–H groups in total. The summed E-state index contributed by atoms with van der Waals surface area (Å²) >= 11 is 1.86. The van der Waals surface area contributed by atoms with Gasteiger partial charge in [0.25, 0.3) is 0 Å². The van der Waals surface area contributed by atoms with Crippen LogP contribution in [-0.2, 0) is 0 Å². The summed E-state index contributed by atoms with van der Waals surface area (Å²) < 4.78 is 6.31. The molecule has 44 heavy (non-hydrogen) atoms. The van der Waals surface area contributed by atoms with Gasteiger partial charge in [0.05, 0.1) is 0 Å². The van der Waals surface area contributed by atoms with Crippen molar-refractivity contribution in [2.24, 2.45) is 0 Å². The zero-order valence-corrected chi connectivity index (χ0v) is 33.7. The third-order valence-corrected chi connectivity index (χ3v) is 56.8. The first-order valence-corrected chi connectivity index (χ1v) is 32.3. The Morgan fingerprint density at radius 3 is 0.795 bits per heavy atom. The average Bonchev–Trinajstić information content (AvgIpc) is 3.09. The SMILES string of the molecule is c1ccc([Se][PH+]([Se]c2ccccc2)C(P(c2ccccc2)c2ccccc2)[PH+]([Se]c2ccccc2)[Se]c2ccccc2)cc1. The van der Waals surface area contributed by atoms with Crippen LogP contribution in [-0.4, -0.2) is 63.2 Å². The molecule has 0 aliphatic carbocycles. The van der Waals surface area contributed by atoms with E-state index in [-0.39, 0.29) is 0 Å². The first-order valence-electron chi connectivity index (χ1n) is 14.4. The summed E-state index contributed by atoms with van der Waals surface area (Å²) in [7, 11) is -0.525. The number of hydrogen-bond acceptors (Lipinski definition) is 0. The van der Waals surface area contributed by atoms with Crippen molar-refractivity contribution in [3.8, 4) is 0 Å². The Kier molecular flexibility index (Phi) is 13.0. The van der Waals surface area contributed by atoms with E-state index in [9.17, 15) is 0 Å². The maximum atomic E-state index is 2.45. The Bertz CT molecular complexity index is 1450. The van der Waals surface area contributed by atoms with Crippen LogP contribution in [0.1, 0.15) is 0 Å². The van der Waals surface area contributed by atoms with E-state index < -0.39 is 18.5 Å². The van der Waals surface area contributed by atoms with Crippen molar-refractivity contribution in [1.82, 2.24) is 0 Å². The second kappa shape index (κ2) is 17.6. The summed E-state index contributed by atoms with van der Waals surface area (Å²) in [6.07, 6.45) is 0. The number of rotatable bonds is 13. The van der Waals surface area contributed by atoms with E-state index in [2.05, 4.69) is 182 Å². The molecule has 0 aliphatic rings. The predicted molar refractivity (Wildman–Crippen MR) is 207 cm³/mol. The second-order valence-corrected chi connectivity index (χ2v) is 44.9. The normalized spacial score (nSPS) is 11.5. The van der Waals surface area contributed by atoms with Crippen LogP contribution < -0.4 is 28.5 Å². The zero-order valence-electron chi connectivity index (χ0n) is 24.0. The quantitative estimate of drug-likeness (QED) is 0.105. The molecule has 0 atom stereocenters. The van der Waals surface area contributed by atoms with Gasteiger partial charge in [-0.3, -0.25) is 0 Å². The molecule has 0 heterocycles. The Balaban J connectivity index is 1.55. The van der Waals surface area contributed by atoms with Gasteiger partial charge in [0.2, 0.25) is 0 Å². The molecule has 218 valence electrons. The standard InChI is InChI=1S/C37H31P3Se4/c1-7-19-31(20-8-1)38(32-21-9-2-10-22-32)37(39(41-33-23-11-3-12-24-33)42-34-25-13-4-14-26-34)40(43-35-27-15-5-16-28-35)44-36-29-17-6-18-30-36/h1-30,37H/p+2. The molecular formula is C37H33P3Se4+2. The molecule has 0 aromatic heterocycles. The Morgan fingerprint density at radius 1 is 0.318 bits per heavy atom. The van der Waals surface area contributed by atoms with Gasteiger partial charge in [-0.15, -0.1) is 0 Å². The first-order chi connectivity index (χ1) is 21.8. The van der Waals surface area contributed by atoms with E-state index in [4.69, 9.17) is 0 Å². The third kappa shape index (κ3) is 9.37. The van der Waals surface area contributed by atoms with E-state index in [1.54, 1.807) is 28.5 Å². The van der Waals surface area contributed by atoms with Crippen LogP contribution in [0.5, 0.6) is 0 Å². The minimum atomic E-state index is -0.787. The molecule has 0 saturated carbocycles. The van der Waals surface area contributed by atoms with Crippen LogP contribution in [0.3, 0.4) is 0 Å². The van der Waals surface area contributed by atoms with Gasteiger partial charge in [0.15, 0.2) is 0 Å². The average molecular weight is 886 g/mol. The Morgan fingerprint density at radius 2 is 0.545 bits per heavy atom. The van der Waals surface area contributed by atoms with Crippen LogP contribution >= 0.6 is 18.5 Å². The summed E-state index contributed by atoms with van der Waals surface area (Å²) in [5.41, 5.74) is 0. The molecule has 0 fully saturated rings. The van der Waals surface area contributed by atoms with Crippen molar-refractivity contribution in [1.29, 1.82) is 0 Å². The third-order valence-electron chi connectivity index (χ3n) is 6.62. The van der Waals surface area contributed by atoms with Crippen LogP contribution in [0, 0.1) is 0 Å². The first kappa shape index (κ1) is 32.6. The molecule has 0 spiro atoms. The molecule has 6 aromatic rings. The van der Waals surface area contributed by atoms with Crippen LogP contribution in [0.2, 0.25) is 0 Å². The van der Waals surface area contributed by atoms with Gasteiger partial charge in [0, 0.05) is 0 Å². The van der Waals surface area contributed by atoms with Gasteiger partial charge >= 0.3 is 292 Å². The molecule has 6 rings (SSSR count). The monoisotopic (exact) mass is 890 g/mol. The molecule has 7 heteroatoms. The molecule has 0 saturated heterocycles. The van der Waals surface area contributed by atoms with Gasteiger partial charge in [-0.25, -0.2) is 0 Å². The summed E-state index contributed by atoms with van der Waals surface area (Å²) in [5.74, 6) is 0. The van der Waals surface area contributed by atoms with Crippen molar-refractivity contribution in [3.63, 3.8) is 0 Å².